The van der Waals surface area contributed by atoms with Crippen LogP contribution in [0.3, 0.4) is 0 Å². The van der Waals surface area contributed by atoms with E-state index in [1.165, 1.54) is 43.3 Å². The summed E-state index contributed by atoms with van der Waals surface area (Å²) in [6.45, 7) is 2.10. The molecule has 0 fully saturated rings. The summed E-state index contributed by atoms with van der Waals surface area (Å²) in [5.74, 6) is 0.925. The van der Waals surface area contributed by atoms with Gasteiger partial charge >= 0.3 is 6.01 Å². The molecule has 0 bridgehead atoms. The summed E-state index contributed by atoms with van der Waals surface area (Å²) in [6, 6.07) is 13.7. The molecule has 1 amide bonds. The Morgan fingerprint density at radius 1 is 1.07 bits per heavy atom. The van der Waals surface area contributed by atoms with Crippen molar-refractivity contribution in [3.05, 3.63) is 65.5 Å². The number of aromatic nitrogens is 2. The molecular formula is C20H22N4O4S2. The van der Waals surface area contributed by atoms with Crippen molar-refractivity contribution in [1.29, 1.82) is 0 Å². The Balaban J connectivity index is 1.63. The minimum absolute atomic E-state index is 0.0156. The largest absolute Gasteiger partial charge is 0.407 e. The fraction of sp³-hybridized carbons (Fsp3) is 0.250. The van der Waals surface area contributed by atoms with Crippen LogP contribution in [0, 0.1) is 0 Å². The molecule has 0 radical (unpaired) electrons. The van der Waals surface area contributed by atoms with Crippen LogP contribution in [0.2, 0.25) is 0 Å². The number of thioether (sulfide) groups is 1. The number of carbonyl (C=O) groups excluding carboxylic acids is 1. The molecule has 10 heteroatoms. The van der Waals surface area contributed by atoms with Crippen molar-refractivity contribution in [3.8, 4) is 0 Å². The van der Waals surface area contributed by atoms with E-state index in [2.05, 4.69) is 22.4 Å². The van der Waals surface area contributed by atoms with Gasteiger partial charge in [0.2, 0.25) is 15.9 Å². The quantitative estimate of drug-likeness (QED) is 0.529. The van der Waals surface area contributed by atoms with E-state index in [9.17, 15) is 13.2 Å². The van der Waals surface area contributed by atoms with Crippen LogP contribution in [-0.2, 0) is 16.4 Å². The highest BCUT2D eigenvalue weighted by Crippen LogP contribution is 2.20. The van der Waals surface area contributed by atoms with Gasteiger partial charge in [0.25, 0.3) is 5.91 Å². The van der Waals surface area contributed by atoms with Crippen molar-refractivity contribution in [1.82, 2.24) is 14.5 Å². The number of nitrogens with one attached hydrogen (secondary N) is 1. The van der Waals surface area contributed by atoms with Crippen molar-refractivity contribution in [3.63, 3.8) is 0 Å². The summed E-state index contributed by atoms with van der Waals surface area (Å²) < 4.78 is 30.8. The molecule has 2 aromatic carbocycles. The number of benzene rings is 2. The lowest BCUT2D eigenvalue weighted by molar-refractivity contribution is 0.102. The van der Waals surface area contributed by atoms with Gasteiger partial charge in [0, 0.05) is 24.6 Å². The number of hydrogen-bond acceptors (Lipinski definition) is 7. The van der Waals surface area contributed by atoms with Gasteiger partial charge in [-0.15, -0.1) is 16.9 Å². The molecule has 0 spiro atoms. The number of nitrogens with zero attached hydrogens (tertiary/aromatic N) is 3. The van der Waals surface area contributed by atoms with Gasteiger partial charge < -0.3 is 4.42 Å². The van der Waals surface area contributed by atoms with Crippen LogP contribution in [0.1, 0.15) is 28.7 Å². The second kappa shape index (κ2) is 9.41. The Bertz CT molecular complexity index is 1110. The van der Waals surface area contributed by atoms with Crippen LogP contribution in [0.25, 0.3) is 0 Å². The first-order valence-electron chi connectivity index (χ1n) is 9.17. The Morgan fingerprint density at radius 2 is 1.73 bits per heavy atom. The number of sulfonamides is 1. The maximum absolute atomic E-state index is 12.4. The lowest BCUT2D eigenvalue weighted by atomic mass is 10.1. The maximum Gasteiger partial charge on any atom is 0.322 e. The Labute approximate surface area is 179 Å². The van der Waals surface area contributed by atoms with Gasteiger partial charge in [-0.1, -0.05) is 24.2 Å². The predicted octanol–water partition coefficient (Wildman–Crippen LogP) is 3.28. The fourth-order valence-corrected chi connectivity index (χ4v) is 4.14. The van der Waals surface area contributed by atoms with Crippen LogP contribution in [0.5, 0.6) is 0 Å². The number of amides is 1. The molecule has 8 nitrogen and oxygen atoms in total. The molecule has 158 valence electrons. The molecule has 0 aliphatic rings. The van der Waals surface area contributed by atoms with Gasteiger partial charge in [0.05, 0.1) is 11.3 Å². The highest BCUT2D eigenvalue weighted by atomic mass is 32.2. The van der Waals surface area contributed by atoms with Gasteiger partial charge in [0.15, 0.2) is 0 Å². The normalized spacial score (nSPS) is 11.6. The van der Waals surface area contributed by atoms with E-state index in [-0.39, 0.29) is 16.5 Å². The van der Waals surface area contributed by atoms with Crippen LogP contribution < -0.4 is 5.32 Å². The van der Waals surface area contributed by atoms with Crippen molar-refractivity contribution in [2.75, 3.05) is 25.2 Å². The van der Waals surface area contributed by atoms with E-state index in [0.717, 1.165) is 15.6 Å². The molecule has 3 rings (SSSR count). The van der Waals surface area contributed by atoms with Gasteiger partial charge in [-0.25, -0.2) is 12.7 Å². The Kier molecular flexibility index (Phi) is 6.91. The third kappa shape index (κ3) is 5.26. The van der Waals surface area contributed by atoms with Crippen molar-refractivity contribution in [2.24, 2.45) is 0 Å². The number of hydrogen-bond donors (Lipinski definition) is 1. The molecule has 30 heavy (non-hydrogen) atoms. The fourth-order valence-electron chi connectivity index (χ4n) is 2.58. The molecule has 1 N–H and O–H groups in total. The number of anilines is 1. The summed E-state index contributed by atoms with van der Waals surface area (Å²) >= 11 is 1.77. The molecule has 0 atom stereocenters. The van der Waals surface area contributed by atoms with Gasteiger partial charge in [-0.05, 0) is 47.7 Å². The zero-order valence-corrected chi connectivity index (χ0v) is 18.5. The Morgan fingerprint density at radius 3 is 2.33 bits per heavy atom. The van der Waals surface area contributed by atoms with E-state index >= 15 is 0 Å². The monoisotopic (exact) mass is 446 g/mol. The maximum atomic E-state index is 12.4. The average molecular weight is 447 g/mol. The molecule has 0 unspecified atom stereocenters. The first kappa shape index (κ1) is 22.0. The molecule has 1 aromatic heterocycles. The van der Waals surface area contributed by atoms with Crippen LogP contribution in [-0.4, -0.2) is 48.7 Å². The lowest BCUT2D eigenvalue weighted by Gasteiger charge is -2.11. The smallest absolute Gasteiger partial charge is 0.322 e. The predicted molar refractivity (Wildman–Crippen MR) is 115 cm³/mol. The molecule has 0 aliphatic carbocycles. The van der Waals surface area contributed by atoms with E-state index in [1.54, 1.807) is 11.8 Å². The van der Waals surface area contributed by atoms with E-state index in [4.69, 9.17) is 4.42 Å². The molecule has 1 heterocycles. The Hall–Kier alpha value is -2.69. The van der Waals surface area contributed by atoms with Crippen molar-refractivity contribution < 1.29 is 17.6 Å². The van der Waals surface area contributed by atoms with Crippen LogP contribution in [0.4, 0.5) is 6.01 Å². The van der Waals surface area contributed by atoms with Crippen LogP contribution in [0.15, 0.2) is 62.7 Å². The third-order valence-corrected chi connectivity index (χ3v) is 6.90. The SMILES string of the molecule is CCSc1ccc(Cc2nnc(NC(=O)c3ccc(S(=O)(=O)N(C)C)cc3)o2)cc1. The zero-order chi connectivity index (χ0) is 21.7. The van der Waals surface area contributed by atoms with E-state index < -0.39 is 15.9 Å². The molecule has 0 saturated heterocycles. The van der Waals surface area contributed by atoms with Gasteiger partial charge in [-0.3, -0.25) is 10.1 Å². The van der Waals surface area contributed by atoms with Gasteiger partial charge in [-0.2, -0.15) is 0 Å². The lowest BCUT2D eigenvalue weighted by Crippen LogP contribution is -2.22. The second-order valence-electron chi connectivity index (χ2n) is 6.52. The van der Waals surface area contributed by atoms with E-state index in [1.807, 2.05) is 24.3 Å². The van der Waals surface area contributed by atoms with Crippen molar-refractivity contribution >= 4 is 33.7 Å². The van der Waals surface area contributed by atoms with Crippen molar-refractivity contribution in [2.45, 2.75) is 23.1 Å². The summed E-state index contributed by atoms with van der Waals surface area (Å²) in [5, 5.41) is 10.3. The number of rotatable bonds is 8. The zero-order valence-electron chi connectivity index (χ0n) is 16.8. The topological polar surface area (TPSA) is 105 Å². The van der Waals surface area contributed by atoms with E-state index in [0.29, 0.717) is 12.3 Å². The minimum Gasteiger partial charge on any atom is -0.407 e. The standard InChI is InChI=1S/C20H22N4O4S2/c1-4-29-16-9-5-14(6-10-16)13-18-22-23-20(28-18)21-19(25)15-7-11-17(12-8-15)30(26,27)24(2)3/h5-12H,4,13H2,1-3H3,(H,21,23,25). The second-order valence-corrected chi connectivity index (χ2v) is 10.0. The first-order chi connectivity index (χ1) is 14.3. The molecule has 0 aliphatic heterocycles. The summed E-state index contributed by atoms with van der Waals surface area (Å²) in [4.78, 5) is 13.7. The van der Waals surface area contributed by atoms with Crippen LogP contribution >= 0.6 is 11.8 Å². The average Bonchev–Trinajstić information content (AvgIpc) is 3.16. The number of carbonyl (C=O) groups is 1. The minimum atomic E-state index is -3.55. The molecule has 3 aromatic rings. The summed E-state index contributed by atoms with van der Waals surface area (Å²) in [7, 11) is -0.659. The third-order valence-electron chi connectivity index (χ3n) is 4.17. The van der Waals surface area contributed by atoms with Gasteiger partial charge in [0.1, 0.15) is 0 Å². The molecular weight excluding hydrogens is 424 g/mol. The summed E-state index contributed by atoms with van der Waals surface area (Å²) in [5.41, 5.74) is 1.30. The highest BCUT2D eigenvalue weighted by molar-refractivity contribution is 7.99. The first-order valence-corrected chi connectivity index (χ1v) is 11.6. The molecule has 0 saturated carbocycles. The highest BCUT2D eigenvalue weighted by Gasteiger charge is 2.18. The summed E-state index contributed by atoms with van der Waals surface area (Å²) in [6.07, 6.45) is 0.455.